The first-order valence-electron chi connectivity index (χ1n) is 4.46. The van der Waals surface area contributed by atoms with Crippen LogP contribution < -0.4 is 5.73 Å². The van der Waals surface area contributed by atoms with Gasteiger partial charge in [-0.3, -0.25) is 4.98 Å². The number of nitrogens with two attached hydrogens (primary N) is 1. The van der Waals surface area contributed by atoms with E-state index < -0.39 is 0 Å². The number of pyridine rings is 1. The van der Waals surface area contributed by atoms with Gasteiger partial charge in [0, 0.05) is 29.4 Å². The molecule has 0 aliphatic heterocycles. The van der Waals surface area contributed by atoms with Crippen molar-refractivity contribution in [1.29, 1.82) is 0 Å². The highest BCUT2D eigenvalue weighted by atomic mass is 35.5. The van der Waals surface area contributed by atoms with E-state index in [9.17, 15) is 0 Å². The summed E-state index contributed by atoms with van der Waals surface area (Å²) in [5, 5.41) is 0.726. The van der Waals surface area contributed by atoms with Crippen LogP contribution in [0, 0.1) is 5.92 Å². The topological polar surface area (TPSA) is 38.9 Å². The fraction of sp³-hybridized carbons (Fsp3) is 0.500. The van der Waals surface area contributed by atoms with E-state index >= 15 is 0 Å². The van der Waals surface area contributed by atoms with E-state index in [1.165, 1.54) is 0 Å². The van der Waals surface area contributed by atoms with Crippen LogP contribution >= 0.6 is 11.6 Å². The molecular formula is C10H15ClN2. The van der Waals surface area contributed by atoms with E-state index in [-0.39, 0.29) is 0 Å². The van der Waals surface area contributed by atoms with Crippen LogP contribution in [0.4, 0.5) is 0 Å². The number of aromatic nitrogens is 1. The van der Waals surface area contributed by atoms with Gasteiger partial charge in [0.1, 0.15) is 0 Å². The van der Waals surface area contributed by atoms with Gasteiger partial charge >= 0.3 is 0 Å². The fourth-order valence-corrected chi connectivity index (χ4v) is 1.53. The molecule has 0 fully saturated rings. The molecule has 0 saturated carbocycles. The highest BCUT2D eigenvalue weighted by molar-refractivity contribution is 6.30. The Morgan fingerprint density at radius 1 is 1.54 bits per heavy atom. The summed E-state index contributed by atoms with van der Waals surface area (Å²) < 4.78 is 0. The lowest BCUT2D eigenvalue weighted by Crippen LogP contribution is -2.18. The van der Waals surface area contributed by atoms with Gasteiger partial charge in [0.2, 0.25) is 0 Å². The SMILES string of the molecule is CC(C)C(CN)c1cc(Cl)ccn1. The maximum atomic E-state index is 5.87. The van der Waals surface area contributed by atoms with Crippen molar-refractivity contribution in [3.8, 4) is 0 Å². The summed E-state index contributed by atoms with van der Waals surface area (Å²) in [6.07, 6.45) is 1.72. The second-order valence-electron chi connectivity index (χ2n) is 3.49. The summed E-state index contributed by atoms with van der Waals surface area (Å²) >= 11 is 5.87. The van der Waals surface area contributed by atoms with Crippen LogP contribution in [-0.4, -0.2) is 11.5 Å². The molecule has 3 heteroatoms. The highest BCUT2D eigenvalue weighted by Gasteiger charge is 2.15. The zero-order chi connectivity index (χ0) is 9.84. The van der Waals surface area contributed by atoms with E-state index in [2.05, 4.69) is 18.8 Å². The Kier molecular flexibility index (Phi) is 3.70. The molecule has 2 N–H and O–H groups in total. The summed E-state index contributed by atoms with van der Waals surface area (Å²) in [5.74, 6) is 0.801. The minimum Gasteiger partial charge on any atom is -0.330 e. The largest absolute Gasteiger partial charge is 0.330 e. The Labute approximate surface area is 84.1 Å². The summed E-state index contributed by atoms with van der Waals surface area (Å²) in [6, 6.07) is 3.66. The van der Waals surface area contributed by atoms with Gasteiger partial charge in [-0.25, -0.2) is 0 Å². The molecule has 72 valence electrons. The molecule has 1 unspecified atom stereocenters. The van der Waals surface area contributed by atoms with Gasteiger partial charge in [-0.15, -0.1) is 0 Å². The molecule has 0 spiro atoms. The fourth-order valence-electron chi connectivity index (χ4n) is 1.36. The Balaban J connectivity index is 2.91. The summed E-state index contributed by atoms with van der Waals surface area (Å²) in [4.78, 5) is 4.27. The maximum absolute atomic E-state index is 5.87. The number of nitrogens with zero attached hydrogens (tertiary/aromatic N) is 1. The quantitative estimate of drug-likeness (QED) is 0.811. The maximum Gasteiger partial charge on any atom is 0.0464 e. The van der Waals surface area contributed by atoms with Gasteiger partial charge in [0.15, 0.2) is 0 Å². The van der Waals surface area contributed by atoms with Crippen molar-refractivity contribution >= 4 is 11.6 Å². The molecule has 0 amide bonds. The van der Waals surface area contributed by atoms with Crippen LogP contribution in [0.5, 0.6) is 0 Å². The molecule has 1 aromatic rings. The summed E-state index contributed by atoms with van der Waals surface area (Å²) in [6.45, 7) is 4.89. The molecule has 0 bridgehead atoms. The average molecular weight is 199 g/mol. The minimum absolute atomic E-state index is 0.304. The lowest BCUT2D eigenvalue weighted by molar-refractivity contribution is 0.496. The predicted octanol–water partition coefficient (Wildman–Crippen LogP) is 2.43. The third-order valence-electron chi connectivity index (χ3n) is 2.18. The first-order chi connectivity index (χ1) is 6.15. The molecule has 0 radical (unpaired) electrons. The van der Waals surface area contributed by atoms with E-state index in [0.717, 1.165) is 10.7 Å². The van der Waals surface area contributed by atoms with Crippen molar-refractivity contribution in [2.24, 2.45) is 11.7 Å². The zero-order valence-electron chi connectivity index (χ0n) is 8.00. The van der Waals surface area contributed by atoms with Crippen LogP contribution in [0.15, 0.2) is 18.3 Å². The monoisotopic (exact) mass is 198 g/mol. The molecule has 0 saturated heterocycles. The van der Waals surface area contributed by atoms with Gasteiger partial charge in [-0.05, 0) is 18.1 Å². The average Bonchev–Trinajstić information content (AvgIpc) is 2.04. The zero-order valence-corrected chi connectivity index (χ0v) is 8.75. The highest BCUT2D eigenvalue weighted by Crippen LogP contribution is 2.23. The number of hydrogen-bond donors (Lipinski definition) is 1. The van der Waals surface area contributed by atoms with Crippen LogP contribution in [-0.2, 0) is 0 Å². The van der Waals surface area contributed by atoms with Crippen LogP contribution in [0.2, 0.25) is 5.02 Å². The molecule has 1 rings (SSSR count). The summed E-state index contributed by atoms with van der Waals surface area (Å²) in [7, 11) is 0. The molecule has 1 heterocycles. The second-order valence-corrected chi connectivity index (χ2v) is 3.92. The molecule has 0 aliphatic rings. The van der Waals surface area contributed by atoms with Gasteiger partial charge in [0.05, 0.1) is 0 Å². The van der Waals surface area contributed by atoms with Crippen molar-refractivity contribution in [3.05, 3.63) is 29.0 Å². The predicted molar refractivity (Wildman–Crippen MR) is 55.9 cm³/mol. The van der Waals surface area contributed by atoms with Crippen molar-refractivity contribution in [2.75, 3.05) is 6.54 Å². The second kappa shape index (κ2) is 4.58. The molecule has 1 atom stereocenters. The lowest BCUT2D eigenvalue weighted by Gasteiger charge is -2.17. The van der Waals surface area contributed by atoms with Gasteiger partial charge in [-0.1, -0.05) is 25.4 Å². The van der Waals surface area contributed by atoms with Gasteiger partial charge in [-0.2, -0.15) is 0 Å². The Hall–Kier alpha value is -0.600. The first kappa shape index (κ1) is 10.5. The van der Waals surface area contributed by atoms with E-state index in [1.54, 1.807) is 12.3 Å². The Morgan fingerprint density at radius 2 is 2.23 bits per heavy atom. The lowest BCUT2D eigenvalue weighted by atomic mass is 9.92. The van der Waals surface area contributed by atoms with E-state index in [4.69, 9.17) is 17.3 Å². The number of halogens is 1. The number of rotatable bonds is 3. The van der Waals surface area contributed by atoms with Crippen LogP contribution in [0.3, 0.4) is 0 Å². The van der Waals surface area contributed by atoms with Gasteiger partial charge in [0.25, 0.3) is 0 Å². The first-order valence-corrected chi connectivity index (χ1v) is 4.84. The molecule has 13 heavy (non-hydrogen) atoms. The standard InChI is InChI=1S/C10H15ClN2/c1-7(2)9(6-12)10-5-8(11)3-4-13-10/h3-5,7,9H,6,12H2,1-2H3. The van der Waals surface area contributed by atoms with Crippen LogP contribution in [0.1, 0.15) is 25.5 Å². The molecule has 0 aromatic carbocycles. The van der Waals surface area contributed by atoms with Crippen molar-refractivity contribution in [3.63, 3.8) is 0 Å². The smallest absolute Gasteiger partial charge is 0.0464 e. The van der Waals surface area contributed by atoms with Gasteiger partial charge < -0.3 is 5.73 Å². The van der Waals surface area contributed by atoms with Crippen molar-refractivity contribution in [2.45, 2.75) is 19.8 Å². The van der Waals surface area contributed by atoms with Crippen molar-refractivity contribution in [1.82, 2.24) is 4.98 Å². The third kappa shape index (κ3) is 2.68. The Bertz CT molecular complexity index is 273. The molecule has 2 nitrogen and oxygen atoms in total. The molecular weight excluding hydrogens is 184 g/mol. The van der Waals surface area contributed by atoms with Crippen molar-refractivity contribution < 1.29 is 0 Å². The summed E-state index contributed by atoms with van der Waals surface area (Å²) in [5.41, 5.74) is 6.66. The molecule has 1 aromatic heterocycles. The number of hydrogen-bond acceptors (Lipinski definition) is 2. The normalized spacial score (nSPS) is 13.3. The molecule has 0 aliphatic carbocycles. The minimum atomic E-state index is 0.304. The van der Waals surface area contributed by atoms with Crippen LogP contribution in [0.25, 0.3) is 0 Å². The third-order valence-corrected chi connectivity index (χ3v) is 2.42. The Morgan fingerprint density at radius 3 is 2.69 bits per heavy atom. The van der Waals surface area contributed by atoms with E-state index in [0.29, 0.717) is 18.4 Å². The van der Waals surface area contributed by atoms with E-state index in [1.807, 2.05) is 6.07 Å².